The van der Waals surface area contributed by atoms with Crippen molar-refractivity contribution < 1.29 is 9.18 Å². The maximum absolute atomic E-state index is 14.2. The van der Waals surface area contributed by atoms with Crippen molar-refractivity contribution >= 4 is 27.5 Å². The molecule has 8 heteroatoms. The molecule has 0 fully saturated rings. The van der Waals surface area contributed by atoms with Crippen molar-refractivity contribution in [1.82, 2.24) is 14.5 Å². The van der Waals surface area contributed by atoms with Gasteiger partial charge in [0.15, 0.2) is 0 Å². The molecular formula is C21H25FN4O2S. The van der Waals surface area contributed by atoms with E-state index in [0.717, 1.165) is 24.4 Å². The van der Waals surface area contributed by atoms with Gasteiger partial charge in [-0.15, -0.1) is 11.3 Å². The summed E-state index contributed by atoms with van der Waals surface area (Å²) in [6.07, 6.45) is 0.193. The maximum Gasteiger partial charge on any atom is 0.262 e. The molecule has 0 aliphatic rings. The van der Waals surface area contributed by atoms with Gasteiger partial charge in [-0.2, -0.15) is 0 Å². The van der Waals surface area contributed by atoms with E-state index in [0.29, 0.717) is 45.1 Å². The van der Waals surface area contributed by atoms with Gasteiger partial charge in [0.25, 0.3) is 11.5 Å². The second-order valence-corrected chi connectivity index (χ2v) is 7.88. The topological polar surface area (TPSA) is 81.2 Å². The van der Waals surface area contributed by atoms with Gasteiger partial charge >= 0.3 is 0 Å². The Hall–Kier alpha value is -2.58. The Balaban J connectivity index is 2.15. The highest BCUT2D eigenvalue weighted by Crippen LogP contribution is 2.27. The van der Waals surface area contributed by atoms with Crippen molar-refractivity contribution in [2.75, 3.05) is 19.6 Å². The summed E-state index contributed by atoms with van der Waals surface area (Å²) in [7, 11) is 0. The number of carbonyl (C=O) groups excluding carboxylic acids is 1. The molecule has 2 aromatic heterocycles. The van der Waals surface area contributed by atoms with E-state index in [4.69, 9.17) is 5.73 Å². The van der Waals surface area contributed by atoms with E-state index in [1.165, 1.54) is 6.07 Å². The van der Waals surface area contributed by atoms with Gasteiger partial charge in [0.1, 0.15) is 16.5 Å². The van der Waals surface area contributed by atoms with Gasteiger partial charge in [0.05, 0.1) is 10.3 Å². The molecule has 6 nitrogen and oxygen atoms in total. The van der Waals surface area contributed by atoms with Crippen molar-refractivity contribution in [3.05, 3.63) is 62.3 Å². The number of halogens is 1. The number of aryl methyl sites for hydroxylation is 1. The van der Waals surface area contributed by atoms with Gasteiger partial charge in [-0.3, -0.25) is 14.2 Å². The number of amides is 1. The van der Waals surface area contributed by atoms with Gasteiger partial charge in [-0.25, -0.2) is 9.37 Å². The maximum atomic E-state index is 14.2. The molecule has 1 amide bonds. The van der Waals surface area contributed by atoms with Crippen LogP contribution in [0.15, 0.2) is 29.1 Å². The highest BCUT2D eigenvalue weighted by molar-refractivity contribution is 7.20. The number of rotatable bonds is 8. The zero-order valence-electron chi connectivity index (χ0n) is 16.9. The first kappa shape index (κ1) is 21.1. The number of hydrogen-bond donors (Lipinski definition) is 1. The lowest BCUT2D eigenvalue weighted by atomic mass is 10.1. The monoisotopic (exact) mass is 416 g/mol. The van der Waals surface area contributed by atoms with Crippen LogP contribution >= 0.6 is 11.3 Å². The standard InChI is InChI=1S/C21H25FN4O2S/c1-4-25(5-2)10-11-26-16(12-14-8-6-7-9-15(14)22)24-20-17(21(26)28)13(3)18(29-20)19(23)27/h6-9H,4-5,10-12H2,1-3H3,(H2,23,27). The van der Waals surface area contributed by atoms with Crippen LogP contribution in [0.25, 0.3) is 10.2 Å². The van der Waals surface area contributed by atoms with E-state index in [2.05, 4.69) is 23.7 Å². The quantitative estimate of drug-likeness (QED) is 0.612. The van der Waals surface area contributed by atoms with E-state index in [-0.39, 0.29) is 17.8 Å². The Morgan fingerprint density at radius 1 is 1.28 bits per heavy atom. The van der Waals surface area contributed by atoms with Gasteiger partial charge < -0.3 is 10.6 Å². The number of thiophene rings is 1. The molecule has 0 unspecified atom stereocenters. The first-order chi connectivity index (χ1) is 13.9. The molecular weight excluding hydrogens is 391 g/mol. The van der Waals surface area contributed by atoms with Gasteiger partial charge in [0, 0.05) is 19.5 Å². The van der Waals surface area contributed by atoms with E-state index in [1.54, 1.807) is 29.7 Å². The van der Waals surface area contributed by atoms with E-state index >= 15 is 0 Å². The minimum absolute atomic E-state index is 0.193. The molecule has 0 saturated carbocycles. The molecule has 0 radical (unpaired) electrons. The van der Waals surface area contributed by atoms with Crippen molar-refractivity contribution in [3.8, 4) is 0 Å². The van der Waals surface area contributed by atoms with Gasteiger partial charge in [0.2, 0.25) is 0 Å². The molecule has 0 spiro atoms. The number of fused-ring (bicyclic) bond motifs is 1. The van der Waals surface area contributed by atoms with Crippen molar-refractivity contribution in [1.29, 1.82) is 0 Å². The Bertz CT molecular complexity index is 1100. The molecule has 0 aliphatic carbocycles. The fourth-order valence-electron chi connectivity index (χ4n) is 3.45. The van der Waals surface area contributed by atoms with Crippen LogP contribution in [0.1, 0.15) is 40.5 Å². The number of likely N-dealkylation sites (N-methyl/N-ethyl adjacent to an activating group) is 1. The van der Waals surface area contributed by atoms with Gasteiger partial charge in [-0.1, -0.05) is 32.0 Å². The summed E-state index contributed by atoms with van der Waals surface area (Å²) >= 11 is 1.11. The number of nitrogens with zero attached hydrogens (tertiary/aromatic N) is 3. The molecule has 2 heterocycles. The van der Waals surface area contributed by atoms with Crippen LogP contribution in [0, 0.1) is 12.7 Å². The Kier molecular flexibility index (Phi) is 6.44. The molecule has 154 valence electrons. The fraction of sp³-hybridized carbons (Fsp3) is 0.381. The zero-order chi connectivity index (χ0) is 21.1. The number of hydrogen-bond acceptors (Lipinski definition) is 5. The summed E-state index contributed by atoms with van der Waals surface area (Å²) in [6.45, 7) is 8.70. The Morgan fingerprint density at radius 2 is 1.97 bits per heavy atom. The van der Waals surface area contributed by atoms with Gasteiger partial charge in [-0.05, 0) is 37.2 Å². The molecule has 1 aromatic carbocycles. The zero-order valence-corrected chi connectivity index (χ0v) is 17.7. The lowest BCUT2D eigenvalue weighted by Crippen LogP contribution is -2.33. The average molecular weight is 417 g/mol. The number of carbonyl (C=O) groups is 1. The van der Waals surface area contributed by atoms with Crippen molar-refractivity contribution in [2.45, 2.75) is 33.7 Å². The van der Waals surface area contributed by atoms with Crippen LogP contribution in [0.4, 0.5) is 4.39 Å². The Morgan fingerprint density at radius 3 is 2.59 bits per heavy atom. The van der Waals surface area contributed by atoms with Crippen molar-refractivity contribution in [3.63, 3.8) is 0 Å². The summed E-state index contributed by atoms with van der Waals surface area (Å²) in [5.74, 6) is -0.426. The highest BCUT2D eigenvalue weighted by Gasteiger charge is 2.21. The largest absolute Gasteiger partial charge is 0.365 e. The Labute approximate surface area is 172 Å². The highest BCUT2D eigenvalue weighted by atomic mass is 32.1. The summed E-state index contributed by atoms with van der Waals surface area (Å²) in [6, 6.07) is 6.47. The second kappa shape index (κ2) is 8.84. The smallest absolute Gasteiger partial charge is 0.262 e. The minimum atomic E-state index is -0.574. The molecule has 2 N–H and O–H groups in total. The third-order valence-electron chi connectivity index (χ3n) is 5.19. The molecule has 29 heavy (non-hydrogen) atoms. The first-order valence-corrected chi connectivity index (χ1v) is 10.5. The van der Waals surface area contributed by atoms with Crippen LogP contribution in [0.3, 0.4) is 0 Å². The number of nitrogens with two attached hydrogens (primary N) is 1. The average Bonchev–Trinajstić information content (AvgIpc) is 3.03. The van der Waals surface area contributed by atoms with E-state index in [1.807, 2.05) is 0 Å². The van der Waals surface area contributed by atoms with E-state index < -0.39 is 5.91 Å². The van der Waals surface area contributed by atoms with Crippen LogP contribution in [-0.2, 0) is 13.0 Å². The predicted octanol–water partition coefficient (Wildman–Crippen LogP) is 2.94. The first-order valence-electron chi connectivity index (χ1n) is 9.65. The minimum Gasteiger partial charge on any atom is -0.365 e. The molecule has 0 atom stereocenters. The van der Waals surface area contributed by atoms with E-state index in [9.17, 15) is 14.0 Å². The fourth-order valence-corrected chi connectivity index (χ4v) is 4.50. The van der Waals surface area contributed by atoms with Crippen LogP contribution in [-0.4, -0.2) is 40.0 Å². The predicted molar refractivity (Wildman–Crippen MR) is 114 cm³/mol. The second-order valence-electron chi connectivity index (χ2n) is 6.88. The third-order valence-corrected chi connectivity index (χ3v) is 6.39. The summed E-state index contributed by atoms with van der Waals surface area (Å²) in [5, 5.41) is 0.417. The molecule has 0 bridgehead atoms. The SMILES string of the molecule is CCN(CC)CCn1c(Cc2ccccc2F)nc2sc(C(N)=O)c(C)c2c1=O. The number of primary amides is 1. The van der Waals surface area contributed by atoms with Crippen LogP contribution in [0.2, 0.25) is 0 Å². The van der Waals surface area contributed by atoms with Crippen LogP contribution < -0.4 is 11.3 Å². The van der Waals surface area contributed by atoms with Crippen molar-refractivity contribution in [2.24, 2.45) is 5.73 Å². The number of benzene rings is 1. The summed E-state index contributed by atoms with van der Waals surface area (Å²) in [4.78, 5) is 32.7. The summed E-state index contributed by atoms with van der Waals surface area (Å²) < 4.78 is 15.8. The lowest BCUT2D eigenvalue weighted by molar-refractivity contribution is 0.100. The molecule has 3 rings (SSSR count). The molecule has 0 saturated heterocycles. The normalized spacial score (nSPS) is 11.5. The number of aromatic nitrogens is 2. The lowest BCUT2D eigenvalue weighted by Gasteiger charge is -2.20. The summed E-state index contributed by atoms with van der Waals surface area (Å²) in [5.41, 5.74) is 6.28. The van der Waals surface area contributed by atoms with Crippen LogP contribution in [0.5, 0.6) is 0 Å². The molecule has 0 aliphatic heterocycles. The molecule has 3 aromatic rings. The third kappa shape index (κ3) is 4.23.